The predicted molar refractivity (Wildman–Crippen MR) is 131 cm³/mol. The number of benzene rings is 3. The van der Waals surface area contributed by atoms with Gasteiger partial charge in [0.1, 0.15) is 6.61 Å². The minimum absolute atomic E-state index is 0.133. The number of amides is 1. The van der Waals surface area contributed by atoms with Gasteiger partial charge < -0.3 is 9.47 Å². The molecule has 0 aliphatic rings. The summed E-state index contributed by atoms with van der Waals surface area (Å²) in [4.78, 5) is 12.0. The van der Waals surface area contributed by atoms with Crippen LogP contribution < -0.4 is 14.9 Å². The number of nitrogens with one attached hydrogen (secondary N) is 1. The van der Waals surface area contributed by atoms with Gasteiger partial charge in [0.2, 0.25) is 5.91 Å². The average molecular weight is 449 g/mol. The van der Waals surface area contributed by atoms with E-state index in [1.165, 1.54) is 11.1 Å². The van der Waals surface area contributed by atoms with Crippen LogP contribution >= 0.6 is 11.8 Å². The molecule has 32 heavy (non-hydrogen) atoms. The van der Waals surface area contributed by atoms with Crippen molar-refractivity contribution in [1.29, 1.82) is 0 Å². The summed E-state index contributed by atoms with van der Waals surface area (Å²) in [5.41, 5.74) is 6.91. The Hall–Kier alpha value is -3.25. The van der Waals surface area contributed by atoms with Crippen LogP contribution in [0.3, 0.4) is 0 Å². The van der Waals surface area contributed by atoms with E-state index < -0.39 is 0 Å². The molecule has 0 spiro atoms. The molecule has 0 aliphatic heterocycles. The summed E-state index contributed by atoms with van der Waals surface area (Å²) in [6, 6.07) is 23.9. The number of thioether (sulfide) groups is 1. The van der Waals surface area contributed by atoms with E-state index in [1.54, 1.807) is 18.0 Å². The Bertz CT molecular complexity index is 1020. The summed E-state index contributed by atoms with van der Waals surface area (Å²) in [7, 11) is 0. The number of hydrogen-bond acceptors (Lipinski definition) is 5. The van der Waals surface area contributed by atoms with E-state index in [9.17, 15) is 4.79 Å². The molecule has 0 heterocycles. The third-order valence-electron chi connectivity index (χ3n) is 4.53. The predicted octanol–water partition coefficient (Wildman–Crippen LogP) is 5.36. The number of carbonyl (C=O) groups is 1. The lowest BCUT2D eigenvalue weighted by Gasteiger charge is -2.12. The molecule has 166 valence electrons. The van der Waals surface area contributed by atoms with Crippen LogP contribution in [0.4, 0.5) is 0 Å². The summed E-state index contributed by atoms with van der Waals surface area (Å²) in [5, 5.41) is 4.07. The van der Waals surface area contributed by atoms with Gasteiger partial charge in [0.15, 0.2) is 11.5 Å². The van der Waals surface area contributed by atoms with Crippen molar-refractivity contribution in [1.82, 2.24) is 5.43 Å². The highest BCUT2D eigenvalue weighted by atomic mass is 32.2. The zero-order valence-electron chi connectivity index (χ0n) is 18.4. The van der Waals surface area contributed by atoms with E-state index in [4.69, 9.17) is 9.47 Å². The molecular formula is C26H28N2O3S. The fourth-order valence-electron chi connectivity index (χ4n) is 2.88. The lowest BCUT2D eigenvalue weighted by Crippen LogP contribution is -2.19. The van der Waals surface area contributed by atoms with Gasteiger partial charge in [0.25, 0.3) is 0 Å². The van der Waals surface area contributed by atoms with Gasteiger partial charge in [-0.2, -0.15) is 5.10 Å². The Morgan fingerprint density at radius 2 is 1.75 bits per heavy atom. The molecule has 0 saturated carbocycles. The SMILES string of the molecule is CCOc1cc(/C=N\NC(=O)CSCc2ccc(C)cc2)ccc1OCc1ccccc1. The summed E-state index contributed by atoms with van der Waals surface area (Å²) < 4.78 is 11.6. The van der Waals surface area contributed by atoms with E-state index in [1.807, 2.05) is 55.5 Å². The van der Waals surface area contributed by atoms with E-state index >= 15 is 0 Å². The lowest BCUT2D eigenvalue weighted by molar-refractivity contribution is -0.118. The molecule has 0 atom stereocenters. The van der Waals surface area contributed by atoms with Crippen molar-refractivity contribution in [3.05, 3.63) is 95.1 Å². The summed E-state index contributed by atoms with van der Waals surface area (Å²) in [6.45, 7) is 4.98. The van der Waals surface area contributed by atoms with Gasteiger partial charge in [0.05, 0.1) is 18.6 Å². The monoisotopic (exact) mass is 448 g/mol. The second-order valence-electron chi connectivity index (χ2n) is 7.19. The quantitative estimate of drug-likeness (QED) is 0.317. The average Bonchev–Trinajstić information content (AvgIpc) is 2.81. The highest BCUT2D eigenvalue weighted by Crippen LogP contribution is 2.29. The van der Waals surface area contributed by atoms with Gasteiger partial charge in [0, 0.05) is 5.75 Å². The maximum absolute atomic E-state index is 12.0. The zero-order valence-corrected chi connectivity index (χ0v) is 19.2. The highest BCUT2D eigenvalue weighted by Gasteiger charge is 2.07. The third kappa shape index (κ3) is 7.78. The van der Waals surface area contributed by atoms with Crippen LogP contribution in [-0.2, 0) is 17.2 Å². The van der Waals surface area contributed by atoms with Crippen molar-refractivity contribution in [3.63, 3.8) is 0 Å². The summed E-state index contributed by atoms with van der Waals surface area (Å²) in [5.74, 6) is 2.32. The molecule has 0 fully saturated rings. The first-order valence-electron chi connectivity index (χ1n) is 10.5. The molecule has 5 nitrogen and oxygen atoms in total. The zero-order chi connectivity index (χ0) is 22.6. The number of aryl methyl sites for hydroxylation is 1. The lowest BCUT2D eigenvalue weighted by atomic mass is 10.2. The largest absolute Gasteiger partial charge is 0.490 e. The van der Waals surface area contributed by atoms with Crippen LogP contribution in [0.15, 0.2) is 77.9 Å². The molecule has 0 saturated heterocycles. The minimum atomic E-state index is -0.133. The van der Waals surface area contributed by atoms with Gasteiger partial charge in [-0.1, -0.05) is 60.2 Å². The first kappa shape index (κ1) is 23.4. The molecule has 0 bridgehead atoms. The molecule has 0 radical (unpaired) electrons. The van der Waals surface area contributed by atoms with Gasteiger partial charge in [-0.15, -0.1) is 11.8 Å². The number of ether oxygens (including phenoxy) is 2. The number of rotatable bonds is 11. The fourth-order valence-corrected chi connectivity index (χ4v) is 3.66. The maximum atomic E-state index is 12.0. The van der Waals surface area contributed by atoms with Crippen LogP contribution in [0.1, 0.15) is 29.2 Å². The Morgan fingerprint density at radius 3 is 2.50 bits per heavy atom. The topological polar surface area (TPSA) is 59.9 Å². The van der Waals surface area contributed by atoms with E-state index in [-0.39, 0.29) is 5.91 Å². The molecule has 6 heteroatoms. The second kappa shape index (κ2) is 12.6. The van der Waals surface area contributed by atoms with Gasteiger partial charge in [-0.3, -0.25) is 4.79 Å². The van der Waals surface area contributed by atoms with Crippen LogP contribution in [0.25, 0.3) is 0 Å². The van der Waals surface area contributed by atoms with Crippen molar-refractivity contribution >= 4 is 23.9 Å². The van der Waals surface area contributed by atoms with E-state index in [0.29, 0.717) is 30.5 Å². The smallest absolute Gasteiger partial charge is 0.250 e. The molecule has 0 unspecified atom stereocenters. The standard InChI is InChI=1S/C26H28N2O3S/c1-3-30-25-15-23(13-14-24(25)31-17-21-7-5-4-6-8-21)16-27-28-26(29)19-32-18-22-11-9-20(2)10-12-22/h4-16H,3,17-19H2,1-2H3,(H,28,29)/b27-16-. The van der Waals surface area contributed by atoms with Crippen molar-refractivity contribution in [2.45, 2.75) is 26.2 Å². The van der Waals surface area contributed by atoms with Crippen LogP contribution in [0.2, 0.25) is 0 Å². The molecule has 3 aromatic carbocycles. The third-order valence-corrected chi connectivity index (χ3v) is 5.53. The van der Waals surface area contributed by atoms with Crippen molar-refractivity contribution in [2.24, 2.45) is 5.10 Å². The first-order valence-corrected chi connectivity index (χ1v) is 11.7. The van der Waals surface area contributed by atoms with Crippen LogP contribution in [-0.4, -0.2) is 24.5 Å². The molecule has 0 aliphatic carbocycles. The number of nitrogens with zero attached hydrogens (tertiary/aromatic N) is 1. The Morgan fingerprint density at radius 1 is 0.969 bits per heavy atom. The first-order chi connectivity index (χ1) is 15.6. The maximum Gasteiger partial charge on any atom is 0.250 e. The van der Waals surface area contributed by atoms with Crippen LogP contribution in [0.5, 0.6) is 11.5 Å². The normalized spacial score (nSPS) is 10.8. The molecule has 0 aromatic heterocycles. The summed E-state index contributed by atoms with van der Waals surface area (Å²) >= 11 is 1.56. The number of hydrogen-bond donors (Lipinski definition) is 1. The molecule has 3 aromatic rings. The van der Waals surface area contributed by atoms with E-state index in [0.717, 1.165) is 16.9 Å². The van der Waals surface area contributed by atoms with Gasteiger partial charge >= 0.3 is 0 Å². The van der Waals surface area contributed by atoms with Crippen molar-refractivity contribution in [2.75, 3.05) is 12.4 Å². The molecule has 3 rings (SSSR count). The Labute approximate surface area is 193 Å². The Kier molecular flexibility index (Phi) is 9.20. The molecule has 1 N–H and O–H groups in total. The number of carbonyl (C=O) groups excluding carboxylic acids is 1. The van der Waals surface area contributed by atoms with E-state index in [2.05, 4.69) is 41.7 Å². The minimum Gasteiger partial charge on any atom is -0.490 e. The highest BCUT2D eigenvalue weighted by molar-refractivity contribution is 7.99. The van der Waals surface area contributed by atoms with Gasteiger partial charge in [-0.05, 0) is 48.7 Å². The Balaban J connectivity index is 1.49. The summed E-state index contributed by atoms with van der Waals surface area (Å²) in [6.07, 6.45) is 1.60. The van der Waals surface area contributed by atoms with Crippen molar-refractivity contribution in [3.8, 4) is 11.5 Å². The second-order valence-corrected chi connectivity index (χ2v) is 8.17. The number of hydrazone groups is 1. The molecular weight excluding hydrogens is 420 g/mol. The van der Waals surface area contributed by atoms with Crippen molar-refractivity contribution < 1.29 is 14.3 Å². The van der Waals surface area contributed by atoms with Gasteiger partial charge in [-0.25, -0.2) is 5.43 Å². The fraction of sp³-hybridized carbons (Fsp3) is 0.231. The molecule has 1 amide bonds. The van der Waals surface area contributed by atoms with Crippen LogP contribution in [0, 0.1) is 6.92 Å².